The number of halogens is 2. The minimum absolute atomic E-state index is 0.0942. The Labute approximate surface area is 73.8 Å². The second-order valence-electron chi connectivity index (χ2n) is 2.77. The third kappa shape index (κ3) is 2.24. The van der Waals surface area contributed by atoms with Crippen molar-refractivity contribution in [1.82, 2.24) is 0 Å². The number of benzene rings is 1. The first-order chi connectivity index (χ1) is 6.00. The van der Waals surface area contributed by atoms with Gasteiger partial charge in [0.15, 0.2) is 11.6 Å². The summed E-state index contributed by atoms with van der Waals surface area (Å²) in [6.07, 6.45) is -0.0942. The second kappa shape index (κ2) is 3.51. The molecule has 0 aromatic heterocycles. The third-order valence-electron chi connectivity index (χ3n) is 1.56. The summed E-state index contributed by atoms with van der Waals surface area (Å²) in [6, 6.07) is 1.49. The standard InChI is InChI=1S/C9H8F2O2/c1-5(12)2-6-3-7(10)8(11)4-9(6)13/h3-4,13H,2H2,1H3. The molecule has 0 aliphatic carbocycles. The molecule has 0 fully saturated rings. The van der Waals surface area contributed by atoms with Crippen LogP contribution in [0.5, 0.6) is 5.75 Å². The molecule has 2 nitrogen and oxygen atoms in total. The first kappa shape index (κ1) is 9.64. The number of hydrogen-bond acceptors (Lipinski definition) is 2. The molecular formula is C9H8F2O2. The summed E-state index contributed by atoms with van der Waals surface area (Å²) < 4.78 is 25.1. The molecule has 0 aliphatic rings. The van der Waals surface area contributed by atoms with Gasteiger partial charge < -0.3 is 5.11 Å². The molecule has 0 saturated carbocycles. The molecule has 0 saturated heterocycles. The molecule has 13 heavy (non-hydrogen) atoms. The van der Waals surface area contributed by atoms with Gasteiger partial charge in [0.2, 0.25) is 0 Å². The van der Waals surface area contributed by atoms with Gasteiger partial charge >= 0.3 is 0 Å². The summed E-state index contributed by atoms with van der Waals surface area (Å²) in [5, 5.41) is 9.11. The molecule has 1 aromatic rings. The number of phenolic OH excluding ortho intramolecular Hbond substituents is 1. The number of rotatable bonds is 2. The van der Waals surface area contributed by atoms with Crippen LogP contribution in [-0.2, 0) is 11.2 Å². The molecule has 0 heterocycles. The molecule has 0 radical (unpaired) electrons. The van der Waals surface area contributed by atoms with Crippen LogP contribution in [0.2, 0.25) is 0 Å². The van der Waals surface area contributed by atoms with E-state index >= 15 is 0 Å². The fourth-order valence-corrected chi connectivity index (χ4v) is 0.987. The zero-order chi connectivity index (χ0) is 10.0. The molecule has 0 amide bonds. The van der Waals surface area contributed by atoms with Crippen molar-refractivity contribution in [2.24, 2.45) is 0 Å². The molecule has 0 spiro atoms. The molecule has 0 bridgehead atoms. The van der Waals surface area contributed by atoms with Gasteiger partial charge in [-0.15, -0.1) is 0 Å². The Kier molecular flexibility index (Phi) is 2.60. The monoisotopic (exact) mass is 186 g/mol. The summed E-state index contributed by atoms with van der Waals surface area (Å²) in [4.78, 5) is 10.6. The summed E-state index contributed by atoms with van der Waals surface area (Å²) in [5.74, 6) is -2.80. The van der Waals surface area contributed by atoms with Crippen LogP contribution in [0.15, 0.2) is 12.1 Å². The molecule has 1 N–H and O–H groups in total. The minimum Gasteiger partial charge on any atom is -0.508 e. The summed E-state index contributed by atoms with van der Waals surface area (Å²) >= 11 is 0. The van der Waals surface area contributed by atoms with E-state index < -0.39 is 17.4 Å². The van der Waals surface area contributed by atoms with Crippen molar-refractivity contribution in [1.29, 1.82) is 0 Å². The van der Waals surface area contributed by atoms with E-state index in [0.717, 1.165) is 6.07 Å². The van der Waals surface area contributed by atoms with E-state index in [-0.39, 0.29) is 17.8 Å². The van der Waals surface area contributed by atoms with Crippen LogP contribution in [0.4, 0.5) is 8.78 Å². The van der Waals surface area contributed by atoms with Crippen molar-refractivity contribution in [2.45, 2.75) is 13.3 Å². The van der Waals surface area contributed by atoms with Crippen LogP contribution in [0.3, 0.4) is 0 Å². The Balaban J connectivity index is 3.08. The van der Waals surface area contributed by atoms with Gasteiger partial charge in [0.05, 0.1) is 0 Å². The molecule has 0 aliphatic heterocycles. The average molecular weight is 186 g/mol. The van der Waals surface area contributed by atoms with E-state index in [2.05, 4.69) is 0 Å². The second-order valence-corrected chi connectivity index (χ2v) is 2.77. The first-order valence-electron chi connectivity index (χ1n) is 3.67. The lowest BCUT2D eigenvalue weighted by Gasteiger charge is -2.02. The van der Waals surface area contributed by atoms with E-state index in [0.29, 0.717) is 6.07 Å². The summed E-state index contributed by atoms with van der Waals surface area (Å²) in [6.45, 7) is 1.31. The number of hydrogen-bond donors (Lipinski definition) is 1. The quantitative estimate of drug-likeness (QED) is 0.764. The molecule has 1 aromatic carbocycles. The van der Waals surface area contributed by atoms with Crippen LogP contribution < -0.4 is 0 Å². The van der Waals surface area contributed by atoms with Crippen LogP contribution in [0.1, 0.15) is 12.5 Å². The van der Waals surface area contributed by atoms with Crippen LogP contribution in [0, 0.1) is 11.6 Å². The molecule has 1 rings (SSSR count). The van der Waals surface area contributed by atoms with Crippen molar-refractivity contribution in [3.63, 3.8) is 0 Å². The van der Waals surface area contributed by atoms with Crippen molar-refractivity contribution in [2.75, 3.05) is 0 Å². The van der Waals surface area contributed by atoms with Crippen molar-refractivity contribution >= 4 is 5.78 Å². The predicted molar refractivity (Wildman–Crippen MR) is 42.4 cm³/mol. The highest BCUT2D eigenvalue weighted by Crippen LogP contribution is 2.21. The third-order valence-corrected chi connectivity index (χ3v) is 1.56. The molecule has 0 atom stereocenters. The lowest BCUT2D eigenvalue weighted by molar-refractivity contribution is -0.116. The number of phenols is 1. The van der Waals surface area contributed by atoms with Crippen LogP contribution in [0.25, 0.3) is 0 Å². The van der Waals surface area contributed by atoms with Gasteiger partial charge in [-0.05, 0) is 13.0 Å². The van der Waals surface area contributed by atoms with Gasteiger partial charge in [-0.1, -0.05) is 0 Å². The average Bonchev–Trinajstić information content (AvgIpc) is 1.99. The van der Waals surface area contributed by atoms with Gasteiger partial charge in [-0.25, -0.2) is 8.78 Å². The summed E-state index contributed by atoms with van der Waals surface area (Å²) in [7, 11) is 0. The largest absolute Gasteiger partial charge is 0.508 e. The van der Waals surface area contributed by atoms with Crippen LogP contribution in [-0.4, -0.2) is 10.9 Å². The molecule has 70 valence electrons. The molecular weight excluding hydrogens is 178 g/mol. The van der Waals surface area contributed by atoms with Gasteiger partial charge in [-0.3, -0.25) is 4.79 Å². The molecule has 4 heteroatoms. The van der Waals surface area contributed by atoms with Gasteiger partial charge in [-0.2, -0.15) is 0 Å². The van der Waals surface area contributed by atoms with E-state index in [1.165, 1.54) is 6.92 Å². The predicted octanol–water partition coefficient (Wildman–Crippen LogP) is 1.80. The number of carbonyl (C=O) groups is 1. The van der Waals surface area contributed by atoms with E-state index in [9.17, 15) is 13.6 Å². The highest BCUT2D eigenvalue weighted by Gasteiger charge is 2.09. The Morgan fingerprint density at radius 3 is 2.46 bits per heavy atom. The number of Topliss-reactive ketones (excluding diaryl/α,β-unsaturated/α-hetero) is 1. The lowest BCUT2D eigenvalue weighted by atomic mass is 10.1. The lowest BCUT2D eigenvalue weighted by Crippen LogP contribution is -1.98. The highest BCUT2D eigenvalue weighted by molar-refractivity contribution is 5.78. The Morgan fingerprint density at radius 2 is 1.92 bits per heavy atom. The van der Waals surface area contributed by atoms with Crippen molar-refractivity contribution in [3.05, 3.63) is 29.3 Å². The zero-order valence-electron chi connectivity index (χ0n) is 6.97. The zero-order valence-corrected chi connectivity index (χ0v) is 6.97. The Hall–Kier alpha value is -1.45. The summed E-state index contributed by atoms with van der Waals surface area (Å²) in [5.41, 5.74) is 0.103. The van der Waals surface area contributed by atoms with Crippen LogP contribution >= 0.6 is 0 Å². The first-order valence-corrected chi connectivity index (χ1v) is 3.67. The Bertz CT molecular complexity index is 348. The van der Waals surface area contributed by atoms with Gasteiger partial charge in [0.1, 0.15) is 11.5 Å². The fourth-order valence-electron chi connectivity index (χ4n) is 0.987. The highest BCUT2D eigenvalue weighted by atomic mass is 19.2. The van der Waals surface area contributed by atoms with Crippen molar-refractivity contribution in [3.8, 4) is 5.75 Å². The minimum atomic E-state index is -1.12. The smallest absolute Gasteiger partial charge is 0.162 e. The van der Waals surface area contributed by atoms with E-state index in [1.807, 2.05) is 0 Å². The number of aromatic hydroxyl groups is 1. The topological polar surface area (TPSA) is 37.3 Å². The molecule has 0 unspecified atom stereocenters. The Morgan fingerprint density at radius 1 is 1.38 bits per heavy atom. The maximum absolute atomic E-state index is 12.6. The number of carbonyl (C=O) groups excluding carboxylic acids is 1. The maximum atomic E-state index is 12.6. The van der Waals surface area contributed by atoms with E-state index in [1.54, 1.807) is 0 Å². The fraction of sp³-hybridized carbons (Fsp3) is 0.222. The maximum Gasteiger partial charge on any atom is 0.162 e. The van der Waals surface area contributed by atoms with Crippen molar-refractivity contribution < 1.29 is 18.7 Å². The number of ketones is 1. The normalized spacial score (nSPS) is 10.1. The SMILES string of the molecule is CC(=O)Cc1cc(F)c(F)cc1O. The van der Waals surface area contributed by atoms with Gasteiger partial charge in [0.25, 0.3) is 0 Å². The van der Waals surface area contributed by atoms with Gasteiger partial charge in [0, 0.05) is 18.1 Å². The van der Waals surface area contributed by atoms with E-state index in [4.69, 9.17) is 5.11 Å².